The summed E-state index contributed by atoms with van der Waals surface area (Å²) >= 11 is 3.42. The van der Waals surface area contributed by atoms with E-state index in [4.69, 9.17) is 0 Å². The Morgan fingerprint density at radius 2 is 1.95 bits per heavy atom. The van der Waals surface area contributed by atoms with E-state index in [1.807, 2.05) is 25.1 Å². The van der Waals surface area contributed by atoms with Crippen molar-refractivity contribution < 1.29 is 9.18 Å². The molecule has 0 radical (unpaired) electrons. The van der Waals surface area contributed by atoms with E-state index in [1.165, 1.54) is 12.1 Å². The molecule has 0 fully saturated rings. The molecule has 0 saturated carbocycles. The molecule has 2 aromatic carbocycles. The SMILES string of the molecule is CCc1cc(Br)ccc1NCC(=O)Nc1ccccc1F. The van der Waals surface area contributed by atoms with E-state index in [-0.39, 0.29) is 18.1 Å². The highest BCUT2D eigenvalue weighted by Crippen LogP contribution is 2.21. The molecule has 0 aliphatic rings. The summed E-state index contributed by atoms with van der Waals surface area (Å²) in [5.41, 5.74) is 2.21. The van der Waals surface area contributed by atoms with E-state index in [2.05, 4.69) is 26.6 Å². The van der Waals surface area contributed by atoms with Crippen molar-refractivity contribution in [3.63, 3.8) is 0 Å². The third kappa shape index (κ3) is 4.29. The zero-order valence-corrected chi connectivity index (χ0v) is 13.2. The second kappa shape index (κ2) is 7.22. The smallest absolute Gasteiger partial charge is 0.243 e. The fraction of sp³-hybridized carbons (Fsp3) is 0.188. The number of anilines is 2. The molecule has 0 unspecified atom stereocenters. The number of carbonyl (C=O) groups is 1. The molecule has 110 valence electrons. The highest BCUT2D eigenvalue weighted by atomic mass is 79.9. The molecule has 0 aromatic heterocycles. The molecule has 0 aliphatic carbocycles. The average molecular weight is 351 g/mol. The predicted molar refractivity (Wildman–Crippen MR) is 87.0 cm³/mol. The molecule has 2 aromatic rings. The topological polar surface area (TPSA) is 41.1 Å². The molecule has 0 heterocycles. The summed E-state index contributed by atoms with van der Waals surface area (Å²) in [4.78, 5) is 11.9. The van der Waals surface area contributed by atoms with Gasteiger partial charge in [0.25, 0.3) is 0 Å². The van der Waals surface area contributed by atoms with E-state index in [9.17, 15) is 9.18 Å². The first kappa shape index (κ1) is 15.5. The fourth-order valence-electron chi connectivity index (χ4n) is 1.96. The Kier molecular flexibility index (Phi) is 5.33. The fourth-order valence-corrected chi connectivity index (χ4v) is 2.37. The van der Waals surface area contributed by atoms with Gasteiger partial charge in [-0.15, -0.1) is 0 Å². The second-order valence-electron chi connectivity index (χ2n) is 4.54. The van der Waals surface area contributed by atoms with Crippen LogP contribution >= 0.6 is 15.9 Å². The van der Waals surface area contributed by atoms with Crippen LogP contribution in [0.2, 0.25) is 0 Å². The summed E-state index contributed by atoms with van der Waals surface area (Å²) in [6.45, 7) is 2.13. The van der Waals surface area contributed by atoms with Crippen LogP contribution in [-0.2, 0) is 11.2 Å². The summed E-state index contributed by atoms with van der Waals surface area (Å²) in [7, 11) is 0. The number of para-hydroxylation sites is 1. The number of carbonyl (C=O) groups excluding carboxylic acids is 1. The van der Waals surface area contributed by atoms with Crippen LogP contribution < -0.4 is 10.6 Å². The van der Waals surface area contributed by atoms with Gasteiger partial charge in [-0.05, 0) is 42.3 Å². The molecule has 3 nitrogen and oxygen atoms in total. The van der Waals surface area contributed by atoms with Crippen LogP contribution in [0.5, 0.6) is 0 Å². The van der Waals surface area contributed by atoms with Crippen LogP contribution in [0.4, 0.5) is 15.8 Å². The van der Waals surface area contributed by atoms with Crippen LogP contribution in [-0.4, -0.2) is 12.5 Å². The zero-order chi connectivity index (χ0) is 15.2. The second-order valence-corrected chi connectivity index (χ2v) is 5.45. The maximum atomic E-state index is 13.4. The van der Waals surface area contributed by atoms with Crippen molar-refractivity contribution in [1.29, 1.82) is 0 Å². The quantitative estimate of drug-likeness (QED) is 0.848. The molecule has 21 heavy (non-hydrogen) atoms. The molecule has 0 atom stereocenters. The van der Waals surface area contributed by atoms with Gasteiger partial charge in [0.15, 0.2) is 0 Å². The first-order valence-electron chi connectivity index (χ1n) is 6.67. The lowest BCUT2D eigenvalue weighted by atomic mass is 10.1. The van der Waals surface area contributed by atoms with Gasteiger partial charge in [-0.25, -0.2) is 4.39 Å². The van der Waals surface area contributed by atoms with Gasteiger partial charge in [0.1, 0.15) is 5.82 Å². The van der Waals surface area contributed by atoms with Crippen molar-refractivity contribution in [1.82, 2.24) is 0 Å². The van der Waals surface area contributed by atoms with Gasteiger partial charge in [0, 0.05) is 10.2 Å². The molecule has 0 saturated heterocycles. The van der Waals surface area contributed by atoms with Crippen molar-refractivity contribution in [2.75, 3.05) is 17.2 Å². The van der Waals surface area contributed by atoms with Crippen LogP contribution in [0.25, 0.3) is 0 Å². The number of hydrogen-bond acceptors (Lipinski definition) is 2. The number of halogens is 2. The van der Waals surface area contributed by atoms with Crippen molar-refractivity contribution in [3.05, 3.63) is 58.3 Å². The number of aryl methyl sites for hydroxylation is 1. The minimum absolute atomic E-state index is 0.0863. The number of amides is 1. The monoisotopic (exact) mass is 350 g/mol. The van der Waals surface area contributed by atoms with Crippen molar-refractivity contribution in [3.8, 4) is 0 Å². The van der Waals surface area contributed by atoms with E-state index >= 15 is 0 Å². The zero-order valence-electron chi connectivity index (χ0n) is 11.6. The van der Waals surface area contributed by atoms with Gasteiger partial charge in [-0.2, -0.15) is 0 Å². The lowest BCUT2D eigenvalue weighted by Gasteiger charge is -2.12. The van der Waals surface area contributed by atoms with Gasteiger partial charge in [0.05, 0.1) is 12.2 Å². The van der Waals surface area contributed by atoms with Gasteiger partial charge >= 0.3 is 0 Å². The van der Waals surface area contributed by atoms with Crippen molar-refractivity contribution in [2.45, 2.75) is 13.3 Å². The largest absolute Gasteiger partial charge is 0.376 e. The van der Waals surface area contributed by atoms with Crippen LogP contribution in [0.3, 0.4) is 0 Å². The van der Waals surface area contributed by atoms with E-state index in [0.717, 1.165) is 22.1 Å². The van der Waals surface area contributed by atoms with Crippen molar-refractivity contribution in [2.24, 2.45) is 0 Å². The molecular formula is C16H16BrFN2O. The summed E-state index contributed by atoms with van der Waals surface area (Å²) in [6, 6.07) is 11.9. The van der Waals surface area contributed by atoms with E-state index in [0.29, 0.717) is 0 Å². The Morgan fingerprint density at radius 3 is 2.67 bits per heavy atom. The Labute approximate surface area is 131 Å². The van der Waals surface area contributed by atoms with Gasteiger partial charge in [-0.1, -0.05) is 35.0 Å². The molecule has 2 N–H and O–H groups in total. The lowest BCUT2D eigenvalue weighted by Crippen LogP contribution is -2.22. The Balaban J connectivity index is 1.97. The first-order chi connectivity index (χ1) is 10.1. The third-order valence-corrected chi connectivity index (χ3v) is 3.53. The standard InChI is InChI=1S/C16H16BrFN2O/c1-2-11-9-12(17)7-8-14(11)19-10-16(21)20-15-6-4-3-5-13(15)18/h3-9,19H,2,10H2,1H3,(H,20,21). The highest BCUT2D eigenvalue weighted by Gasteiger charge is 2.07. The summed E-state index contributed by atoms with van der Waals surface area (Å²) in [5, 5.41) is 5.62. The molecule has 2 rings (SSSR count). The third-order valence-electron chi connectivity index (χ3n) is 3.04. The highest BCUT2D eigenvalue weighted by molar-refractivity contribution is 9.10. The Bertz CT molecular complexity index is 646. The van der Waals surface area contributed by atoms with E-state index in [1.54, 1.807) is 12.1 Å². The molecule has 0 aliphatic heterocycles. The number of hydrogen-bond donors (Lipinski definition) is 2. The van der Waals surface area contributed by atoms with Gasteiger partial charge < -0.3 is 10.6 Å². The first-order valence-corrected chi connectivity index (χ1v) is 7.46. The number of rotatable bonds is 5. The van der Waals surface area contributed by atoms with Crippen molar-refractivity contribution >= 4 is 33.2 Å². The molecule has 0 spiro atoms. The average Bonchev–Trinajstić information content (AvgIpc) is 2.48. The normalized spacial score (nSPS) is 10.2. The number of nitrogens with one attached hydrogen (secondary N) is 2. The van der Waals surface area contributed by atoms with E-state index < -0.39 is 5.82 Å². The van der Waals surface area contributed by atoms with Crippen LogP contribution in [0.1, 0.15) is 12.5 Å². The molecular weight excluding hydrogens is 335 g/mol. The van der Waals surface area contributed by atoms with Gasteiger partial charge in [-0.3, -0.25) is 4.79 Å². The summed E-state index contributed by atoms with van der Waals surface area (Å²) in [5.74, 6) is -0.728. The predicted octanol–water partition coefficient (Wildman–Crippen LogP) is 4.20. The van der Waals surface area contributed by atoms with Crippen LogP contribution in [0.15, 0.2) is 46.9 Å². The molecule has 5 heteroatoms. The lowest BCUT2D eigenvalue weighted by molar-refractivity contribution is -0.114. The minimum atomic E-state index is -0.441. The van der Waals surface area contributed by atoms with Gasteiger partial charge in [0.2, 0.25) is 5.91 Å². The summed E-state index contributed by atoms with van der Waals surface area (Å²) in [6.07, 6.45) is 0.858. The minimum Gasteiger partial charge on any atom is -0.376 e. The summed E-state index contributed by atoms with van der Waals surface area (Å²) < 4.78 is 14.4. The van der Waals surface area contributed by atoms with Crippen LogP contribution in [0, 0.1) is 5.82 Å². The molecule has 0 bridgehead atoms. The maximum absolute atomic E-state index is 13.4. The Morgan fingerprint density at radius 1 is 1.19 bits per heavy atom. The Hall–Kier alpha value is -1.88. The molecule has 1 amide bonds. The maximum Gasteiger partial charge on any atom is 0.243 e. The number of benzene rings is 2.